The molecule has 2 aromatic heterocycles. The summed E-state index contributed by atoms with van der Waals surface area (Å²) in [5.74, 6) is -0.511. The average molecular weight is 524 g/mol. The van der Waals surface area contributed by atoms with Gasteiger partial charge in [0.1, 0.15) is 17.0 Å². The molecule has 8 nitrogen and oxygen atoms in total. The molecule has 4 heterocycles. The van der Waals surface area contributed by atoms with Gasteiger partial charge in [-0.25, -0.2) is 4.39 Å². The number of piperazine rings is 1. The van der Waals surface area contributed by atoms with Crippen molar-refractivity contribution in [2.24, 2.45) is 5.92 Å². The number of benzene rings is 2. The van der Waals surface area contributed by atoms with Gasteiger partial charge in [-0.05, 0) is 24.3 Å². The second-order valence-electron chi connectivity index (χ2n) is 9.74. The van der Waals surface area contributed by atoms with Crippen molar-refractivity contribution in [3.8, 4) is 17.3 Å². The molecule has 0 amide bonds. The zero-order valence-corrected chi connectivity index (χ0v) is 20.8. The Morgan fingerprint density at radius 1 is 1.08 bits per heavy atom. The molecule has 2 aliphatic rings. The van der Waals surface area contributed by atoms with Gasteiger partial charge in [0.25, 0.3) is 0 Å². The van der Waals surface area contributed by atoms with E-state index in [-0.39, 0.29) is 37.0 Å². The maximum absolute atomic E-state index is 16.3. The van der Waals surface area contributed by atoms with E-state index >= 15 is 4.39 Å². The van der Waals surface area contributed by atoms with Gasteiger partial charge in [0.05, 0.1) is 25.2 Å². The summed E-state index contributed by atoms with van der Waals surface area (Å²) in [7, 11) is 0. The van der Waals surface area contributed by atoms with Crippen LogP contribution in [-0.2, 0) is 0 Å². The van der Waals surface area contributed by atoms with Crippen molar-refractivity contribution < 1.29 is 19.3 Å². The van der Waals surface area contributed by atoms with E-state index in [4.69, 9.17) is 16.3 Å². The molecule has 4 aromatic rings. The molecule has 0 saturated carbocycles. The van der Waals surface area contributed by atoms with E-state index in [2.05, 4.69) is 25.2 Å². The SMILES string of the molecule is OCC(CO)COc1nc(N2CC3CCC(C2)N3)c2cnc(-c3cccc4cccc(Cl)c34)c(F)c2n1. The van der Waals surface area contributed by atoms with Gasteiger partial charge in [0.2, 0.25) is 0 Å². The summed E-state index contributed by atoms with van der Waals surface area (Å²) in [6, 6.07) is 11.8. The van der Waals surface area contributed by atoms with Crippen LogP contribution in [0.5, 0.6) is 6.01 Å². The highest BCUT2D eigenvalue weighted by Gasteiger charge is 2.34. The normalized spacial score (nSPS) is 19.3. The molecule has 0 aliphatic carbocycles. The Bertz CT molecular complexity index is 1450. The van der Waals surface area contributed by atoms with Crippen molar-refractivity contribution in [1.29, 1.82) is 0 Å². The molecule has 192 valence electrons. The first-order valence-corrected chi connectivity index (χ1v) is 12.8. The fourth-order valence-electron chi connectivity index (χ4n) is 5.33. The molecule has 2 aliphatic heterocycles. The minimum Gasteiger partial charge on any atom is -0.463 e. The lowest BCUT2D eigenvalue weighted by molar-refractivity contribution is 0.102. The summed E-state index contributed by atoms with van der Waals surface area (Å²) in [6.45, 7) is 0.981. The Balaban J connectivity index is 1.50. The van der Waals surface area contributed by atoms with Crippen LogP contribution in [0.1, 0.15) is 12.8 Å². The summed E-state index contributed by atoms with van der Waals surface area (Å²) in [4.78, 5) is 15.8. The second kappa shape index (κ2) is 9.98. The number of hydrogen-bond donors (Lipinski definition) is 3. The third-order valence-corrected chi connectivity index (χ3v) is 7.55. The van der Waals surface area contributed by atoms with E-state index in [0.29, 0.717) is 33.9 Å². The molecular weight excluding hydrogens is 497 g/mol. The zero-order valence-electron chi connectivity index (χ0n) is 20.1. The van der Waals surface area contributed by atoms with Crippen molar-refractivity contribution in [1.82, 2.24) is 20.3 Å². The van der Waals surface area contributed by atoms with E-state index in [1.807, 2.05) is 24.3 Å². The maximum atomic E-state index is 16.3. The minimum atomic E-state index is -0.586. The Hall–Kier alpha value is -3.11. The standard InChI is InChI=1S/C27H27ClFN5O3/c28-21-6-2-4-16-3-1-5-19(22(16)21)24-23(29)25-20(9-30-24)26(34-10-17-7-8-18(11-34)31-17)33-27(32-25)37-14-15(12-35)13-36/h1-6,9,15,17-18,31,35-36H,7-8,10-14H2. The van der Waals surface area contributed by atoms with Crippen LogP contribution in [0.2, 0.25) is 5.02 Å². The van der Waals surface area contributed by atoms with Gasteiger partial charge >= 0.3 is 6.01 Å². The lowest BCUT2D eigenvalue weighted by atomic mass is 10.0. The smallest absolute Gasteiger partial charge is 0.319 e. The predicted octanol–water partition coefficient (Wildman–Crippen LogP) is 3.56. The number of fused-ring (bicyclic) bond motifs is 4. The molecule has 2 saturated heterocycles. The number of nitrogens with zero attached hydrogens (tertiary/aromatic N) is 4. The molecule has 0 spiro atoms. The van der Waals surface area contributed by atoms with Gasteiger partial charge in [0, 0.05) is 53.3 Å². The van der Waals surface area contributed by atoms with Gasteiger partial charge in [0.15, 0.2) is 5.82 Å². The number of aromatic nitrogens is 3. The molecule has 3 N–H and O–H groups in total. The number of pyridine rings is 1. The summed E-state index contributed by atoms with van der Waals surface area (Å²) < 4.78 is 22.0. The number of halogens is 2. The number of hydrogen-bond acceptors (Lipinski definition) is 8. The highest BCUT2D eigenvalue weighted by Crippen LogP contribution is 2.38. The fourth-order valence-corrected chi connectivity index (χ4v) is 5.62. The van der Waals surface area contributed by atoms with Crippen molar-refractivity contribution in [3.63, 3.8) is 0 Å². The molecule has 10 heteroatoms. The van der Waals surface area contributed by atoms with Gasteiger partial charge < -0.3 is 25.2 Å². The molecule has 6 rings (SSSR count). The number of anilines is 1. The summed E-state index contributed by atoms with van der Waals surface area (Å²) in [5.41, 5.74) is 0.821. The van der Waals surface area contributed by atoms with Gasteiger partial charge in [-0.15, -0.1) is 0 Å². The number of aliphatic hydroxyl groups excluding tert-OH is 2. The lowest BCUT2D eigenvalue weighted by Crippen LogP contribution is -2.51. The van der Waals surface area contributed by atoms with E-state index in [0.717, 1.165) is 36.7 Å². The molecule has 2 aromatic carbocycles. The monoisotopic (exact) mass is 523 g/mol. The third-order valence-electron chi connectivity index (χ3n) is 7.23. The highest BCUT2D eigenvalue weighted by molar-refractivity contribution is 6.36. The minimum absolute atomic E-state index is 0.00322. The Kier molecular flexibility index (Phi) is 6.54. The van der Waals surface area contributed by atoms with Crippen molar-refractivity contribution >= 4 is 39.1 Å². The summed E-state index contributed by atoms with van der Waals surface area (Å²) >= 11 is 6.52. The highest BCUT2D eigenvalue weighted by atomic mass is 35.5. The van der Waals surface area contributed by atoms with Gasteiger partial charge in [-0.3, -0.25) is 4.98 Å². The van der Waals surface area contributed by atoms with Crippen molar-refractivity contribution in [2.45, 2.75) is 24.9 Å². The number of rotatable bonds is 7. The maximum Gasteiger partial charge on any atom is 0.319 e. The van der Waals surface area contributed by atoms with Crippen LogP contribution in [0.25, 0.3) is 32.9 Å². The van der Waals surface area contributed by atoms with Gasteiger partial charge in [-0.2, -0.15) is 9.97 Å². The van der Waals surface area contributed by atoms with E-state index in [1.165, 1.54) is 0 Å². The molecule has 2 unspecified atom stereocenters. The Morgan fingerprint density at radius 2 is 1.81 bits per heavy atom. The molecule has 2 atom stereocenters. The first kappa shape index (κ1) is 24.2. The molecule has 2 bridgehead atoms. The van der Waals surface area contributed by atoms with Crippen molar-refractivity contribution in [2.75, 3.05) is 37.8 Å². The van der Waals surface area contributed by atoms with E-state index in [9.17, 15) is 10.2 Å². The van der Waals surface area contributed by atoms with E-state index < -0.39 is 11.7 Å². The van der Waals surface area contributed by atoms with Gasteiger partial charge in [-0.1, -0.05) is 41.9 Å². The summed E-state index contributed by atoms with van der Waals surface area (Å²) in [5, 5.41) is 25.1. The quantitative estimate of drug-likeness (QED) is 0.338. The first-order valence-electron chi connectivity index (χ1n) is 12.4. The molecular formula is C27H27ClFN5O3. The number of aliphatic hydroxyl groups is 2. The Morgan fingerprint density at radius 3 is 2.54 bits per heavy atom. The lowest BCUT2D eigenvalue weighted by Gasteiger charge is -2.34. The zero-order chi connectivity index (χ0) is 25.5. The predicted molar refractivity (Wildman–Crippen MR) is 141 cm³/mol. The fraction of sp³-hybridized carbons (Fsp3) is 0.370. The second-order valence-corrected chi connectivity index (χ2v) is 10.1. The van der Waals surface area contributed by atoms with Crippen LogP contribution in [0.3, 0.4) is 0 Å². The molecule has 2 fully saturated rings. The largest absolute Gasteiger partial charge is 0.463 e. The summed E-state index contributed by atoms with van der Waals surface area (Å²) in [6.07, 6.45) is 3.79. The van der Waals surface area contributed by atoms with Crippen LogP contribution in [-0.4, -0.2) is 70.2 Å². The first-order chi connectivity index (χ1) is 18.1. The van der Waals surface area contributed by atoms with E-state index in [1.54, 1.807) is 18.3 Å². The molecule has 0 radical (unpaired) electrons. The van der Waals surface area contributed by atoms with Crippen LogP contribution in [0.4, 0.5) is 10.2 Å². The average Bonchev–Trinajstić information content (AvgIpc) is 3.26. The molecule has 37 heavy (non-hydrogen) atoms. The number of ether oxygens (including phenoxy) is 1. The van der Waals surface area contributed by atoms with Crippen LogP contribution < -0.4 is 15.0 Å². The Labute approximate surface area is 218 Å². The van der Waals surface area contributed by atoms with Crippen LogP contribution in [0, 0.1) is 11.7 Å². The van der Waals surface area contributed by atoms with Crippen LogP contribution in [0.15, 0.2) is 42.6 Å². The number of nitrogens with one attached hydrogen (secondary N) is 1. The van der Waals surface area contributed by atoms with Crippen molar-refractivity contribution in [3.05, 3.63) is 53.4 Å². The topological polar surface area (TPSA) is 104 Å². The third kappa shape index (κ3) is 4.46. The van der Waals surface area contributed by atoms with Crippen LogP contribution >= 0.6 is 11.6 Å².